The molecule has 0 saturated heterocycles. The van der Waals surface area contributed by atoms with Crippen molar-refractivity contribution < 1.29 is 9.90 Å². The molecule has 0 bridgehead atoms. The lowest BCUT2D eigenvalue weighted by molar-refractivity contribution is 0.0689. The van der Waals surface area contributed by atoms with Gasteiger partial charge in [-0.1, -0.05) is 19.3 Å². The molecule has 0 spiro atoms. The van der Waals surface area contributed by atoms with Crippen LogP contribution in [0.1, 0.15) is 54.3 Å². The lowest BCUT2D eigenvalue weighted by Crippen LogP contribution is -2.11. The molecule has 2 heterocycles. The van der Waals surface area contributed by atoms with Crippen LogP contribution in [0.5, 0.6) is 0 Å². The van der Waals surface area contributed by atoms with E-state index in [1.54, 1.807) is 11.6 Å². The van der Waals surface area contributed by atoms with E-state index in [9.17, 15) is 9.90 Å². The van der Waals surface area contributed by atoms with Gasteiger partial charge in [-0.25, -0.2) is 9.78 Å². The molecular formula is C12H14N2O2S. The van der Waals surface area contributed by atoms with Crippen LogP contribution in [0.15, 0.2) is 11.6 Å². The zero-order valence-electron chi connectivity index (χ0n) is 9.43. The number of aromatic nitrogens is 2. The van der Waals surface area contributed by atoms with E-state index >= 15 is 0 Å². The van der Waals surface area contributed by atoms with Crippen molar-refractivity contribution in [1.82, 2.24) is 9.38 Å². The molecule has 0 aliphatic heterocycles. The number of hydrogen-bond acceptors (Lipinski definition) is 3. The molecule has 17 heavy (non-hydrogen) atoms. The van der Waals surface area contributed by atoms with Gasteiger partial charge in [-0.15, -0.1) is 11.3 Å². The third-order valence-corrected chi connectivity index (χ3v) is 4.35. The maximum absolute atomic E-state index is 11.2. The molecule has 0 unspecified atom stereocenters. The first-order valence-corrected chi connectivity index (χ1v) is 6.83. The number of aromatic carboxylic acids is 1. The van der Waals surface area contributed by atoms with Crippen LogP contribution in [0, 0.1) is 0 Å². The molecule has 90 valence electrons. The van der Waals surface area contributed by atoms with Crippen molar-refractivity contribution in [3.8, 4) is 0 Å². The topological polar surface area (TPSA) is 54.6 Å². The molecule has 1 aliphatic rings. The molecule has 2 aromatic rings. The zero-order chi connectivity index (χ0) is 11.8. The first-order valence-electron chi connectivity index (χ1n) is 5.95. The molecule has 5 heteroatoms. The lowest BCUT2D eigenvalue weighted by Gasteiger charge is -2.20. The van der Waals surface area contributed by atoms with Crippen LogP contribution in [0.25, 0.3) is 4.83 Å². The first kappa shape index (κ1) is 10.8. The van der Waals surface area contributed by atoms with Crippen molar-refractivity contribution in [2.75, 3.05) is 0 Å². The monoisotopic (exact) mass is 250 g/mol. The fourth-order valence-electron chi connectivity index (χ4n) is 2.64. The number of nitrogens with zero attached hydrogens (tertiary/aromatic N) is 2. The number of fused-ring (bicyclic) bond motifs is 1. The number of hydrogen-bond donors (Lipinski definition) is 1. The average Bonchev–Trinajstić information content (AvgIpc) is 2.90. The molecule has 3 rings (SSSR count). The van der Waals surface area contributed by atoms with Crippen LogP contribution in [-0.2, 0) is 0 Å². The Morgan fingerprint density at radius 2 is 2.18 bits per heavy atom. The molecule has 0 aromatic carbocycles. The Labute approximate surface area is 103 Å². The van der Waals surface area contributed by atoms with Crippen molar-refractivity contribution in [2.24, 2.45) is 0 Å². The summed E-state index contributed by atoms with van der Waals surface area (Å²) in [7, 11) is 0. The number of rotatable bonds is 2. The second-order valence-corrected chi connectivity index (χ2v) is 5.44. The summed E-state index contributed by atoms with van der Waals surface area (Å²) < 4.78 is 1.82. The molecule has 1 fully saturated rings. The quantitative estimate of drug-likeness (QED) is 0.890. The SMILES string of the molecule is O=C(O)c1csc2cnc(C3CCCCC3)n12. The number of thiazole rings is 1. The zero-order valence-corrected chi connectivity index (χ0v) is 10.2. The van der Waals surface area contributed by atoms with E-state index in [1.165, 1.54) is 30.6 Å². The second-order valence-electron chi connectivity index (χ2n) is 4.55. The van der Waals surface area contributed by atoms with E-state index in [0.29, 0.717) is 11.6 Å². The maximum atomic E-state index is 11.2. The number of carboxylic acid groups (broad SMARTS) is 1. The van der Waals surface area contributed by atoms with Crippen LogP contribution < -0.4 is 0 Å². The van der Waals surface area contributed by atoms with E-state index in [2.05, 4.69) is 4.98 Å². The van der Waals surface area contributed by atoms with Crippen molar-refractivity contribution in [2.45, 2.75) is 38.0 Å². The fourth-order valence-corrected chi connectivity index (χ4v) is 3.49. The largest absolute Gasteiger partial charge is 0.477 e. The van der Waals surface area contributed by atoms with Crippen LogP contribution >= 0.6 is 11.3 Å². The predicted octanol–water partition coefficient (Wildman–Crippen LogP) is 3.14. The van der Waals surface area contributed by atoms with Crippen LogP contribution in [0.2, 0.25) is 0 Å². The van der Waals surface area contributed by atoms with Crippen LogP contribution in [0.3, 0.4) is 0 Å². The van der Waals surface area contributed by atoms with Gasteiger partial charge in [-0.2, -0.15) is 0 Å². The van der Waals surface area contributed by atoms with Gasteiger partial charge in [0.1, 0.15) is 16.3 Å². The van der Waals surface area contributed by atoms with Gasteiger partial charge >= 0.3 is 5.97 Å². The van der Waals surface area contributed by atoms with Gasteiger partial charge in [0, 0.05) is 11.3 Å². The number of carbonyl (C=O) groups is 1. The summed E-state index contributed by atoms with van der Waals surface area (Å²) in [5, 5.41) is 10.9. The summed E-state index contributed by atoms with van der Waals surface area (Å²) in [5.74, 6) is 0.503. The Balaban J connectivity index is 2.08. The van der Waals surface area contributed by atoms with Crippen molar-refractivity contribution in [3.05, 3.63) is 23.1 Å². The van der Waals surface area contributed by atoms with E-state index < -0.39 is 5.97 Å². The smallest absolute Gasteiger partial charge is 0.353 e. The standard InChI is InChI=1S/C12H14N2O2S/c15-12(16)9-7-17-10-6-13-11(14(9)10)8-4-2-1-3-5-8/h6-8H,1-5H2,(H,15,16). The Kier molecular flexibility index (Phi) is 2.63. The molecule has 0 atom stereocenters. The van der Waals surface area contributed by atoms with Gasteiger partial charge in [-0.3, -0.25) is 4.40 Å². The van der Waals surface area contributed by atoms with Crippen molar-refractivity contribution in [3.63, 3.8) is 0 Å². The molecule has 1 N–H and O–H groups in total. The van der Waals surface area contributed by atoms with E-state index in [-0.39, 0.29) is 0 Å². The van der Waals surface area contributed by atoms with Crippen molar-refractivity contribution >= 4 is 22.1 Å². The fraction of sp³-hybridized carbons (Fsp3) is 0.500. The average molecular weight is 250 g/mol. The van der Waals surface area contributed by atoms with E-state index in [4.69, 9.17) is 0 Å². The Morgan fingerprint density at radius 1 is 1.41 bits per heavy atom. The first-order chi connectivity index (χ1) is 8.27. The third-order valence-electron chi connectivity index (χ3n) is 3.48. The van der Waals surface area contributed by atoms with Gasteiger partial charge in [0.25, 0.3) is 0 Å². The molecule has 1 saturated carbocycles. The minimum atomic E-state index is -0.869. The highest BCUT2D eigenvalue weighted by atomic mass is 32.1. The molecular weight excluding hydrogens is 236 g/mol. The Hall–Kier alpha value is -1.36. The minimum absolute atomic E-state index is 0.350. The maximum Gasteiger partial charge on any atom is 0.353 e. The number of carboxylic acids is 1. The van der Waals surface area contributed by atoms with Gasteiger partial charge in [0.2, 0.25) is 0 Å². The molecule has 1 aliphatic carbocycles. The van der Waals surface area contributed by atoms with Crippen LogP contribution in [0.4, 0.5) is 0 Å². The molecule has 0 radical (unpaired) electrons. The molecule has 2 aromatic heterocycles. The minimum Gasteiger partial charge on any atom is -0.477 e. The Bertz CT molecular complexity index is 552. The summed E-state index contributed by atoms with van der Waals surface area (Å²) in [6.45, 7) is 0. The van der Waals surface area contributed by atoms with Gasteiger partial charge in [0.15, 0.2) is 0 Å². The van der Waals surface area contributed by atoms with Gasteiger partial charge < -0.3 is 5.11 Å². The highest BCUT2D eigenvalue weighted by molar-refractivity contribution is 7.15. The molecule has 4 nitrogen and oxygen atoms in total. The van der Waals surface area contributed by atoms with Crippen molar-refractivity contribution in [1.29, 1.82) is 0 Å². The molecule has 0 amide bonds. The predicted molar refractivity (Wildman–Crippen MR) is 65.9 cm³/mol. The summed E-state index contributed by atoms with van der Waals surface area (Å²) >= 11 is 1.45. The summed E-state index contributed by atoms with van der Waals surface area (Å²) in [4.78, 5) is 16.5. The summed E-state index contributed by atoms with van der Waals surface area (Å²) in [6, 6.07) is 0. The van der Waals surface area contributed by atoms with Crippen LogP contribution in [-0.4, -0.2) is 20.5 Å². The Morgan fingerprint density at radius 3 is 2.88 bits per heavy atom. The van der Waals surface area contributed by atoms with E-state index in [0.717, 1.165) is 23.5 Å². The van der Waals surface area contributed by atoms with Gasteiger partial charge in [0.05, 0.1) is 6.20 Å². The normalized spacial score (nSPS) is 17.6. The summed E-state index contributed by atoms with van der Waals surface area (Å²) in [6.07, 6.45) is 7.81. The highest BCUT2D eigenvalue weighted by Gasteiger charge is 2.23. The highest BCUT2D eigenvalue weighted by Crippen LogP contribution is 2.33. The third kappa shape index (κ3) is 1.74. The number of imidazole rings is 1. The van der Waals surface area contributed by atoms with E-state index in [1.807, 2.05) is 4.40 Å². The van der Waals surface area contributed by atoms with Gasteiger partial charge in [-0.05, 0) is 12.8 Å². The lowest BCUT2D eigenvalue weighted by atomic mass is 9.89. The summed E-state index contributed by atoms with van der Waals surface area (Å²) in [5.41, 5.74) is 0.350. The second kappa shape index (κ2) is 4.14.